The molecule has 2 aromatic carbocycles. The van der Waals surface area contributed by atoms with Crippen LogP contribution >= 0.6 is 11.6 Å². The van der Waals surface area contributed by atoms with Gasteiger partial charge in [-0.1, -0.05) is 47.1 Å². The van der Waals surface area contributed by atoms with Gasteiger partial charge in [0.1, 0.15) is 5.75 Å². The van der Waals surface area contributed by atoms with E-state index in [1.165, 1.54) is 5.56 Å². The van der Waals surface area contributed by atoms with Gasteiger partial charge in [-0.05, 0) is 36.6 Å². The minimum atomic E-state index is 0.00438. The molecule has 0 saturated heterocycles. The van der Waals surface area contributed by atoms with Crippen LogP contribution < -0.4 is 10.5 Å². The number of hydrogen-bond donors (Lipinski definition) is 2. The molecule has 0 aliphatic carbocycles. The van der Waals surface area contributed by atoms with E-state index in [1.807, 2.05) is 18.2 Å². The summed E-state index contributed by atoms with van der Waals surface area (Å²) in [5.74, 6) is 0.524. The van der Waals surface area contributed by atoms with Crippen LogP contribution in [0.5, 0.6) is 5.75 Å². The van der Waals surface area contributed by atoms with Gasteiger partial charge in [0.25, 0.3) is 0 Å². The summed E-state index contributed by atoms with van der Waals surface area (Å²) in [6, 6.07) is 15.2. The Bertz CT molecular complexity index is 615. The molecule has 0 atom stereocenters. The first-order valence-corrected chi connectivity index (χ1v) is 7.02. The molecule has 5 heteroatoms. The van der Waals surface area contributed by atoms with Gasteiger partial charge in [0.2, 0.25) is 0 Å². The van der Waals surface area contributed by atoms with Crippen LogP contribution in [0.1, 0.15) is 17.5 Å². The number of oxime groups is 1. The third kappa shape index (κ3) is 4.39. The zero-order valence-electron chi connectivity index (χ0n) is 11.5. The topological polar surface area (TPSA) is 67.8 Å². The number of ether oxygens (including phenoxy) is 1. The molecule has 0 bridgehead atoms. The molecule has 0 spiro atoms. The highest BCUT2D eigenvalue weighted by atomic mass is 35.5. The van der Waals surface area contributed by atoms with Crippen molar-refractivity contribution in [3.63, 3.8) is 0 Å². The minimum absolute atomic E-state index is 0.00438. The van der Waals surface area contributed by atoms with Gasteiger partial charge >= 0.3 is 0 Å². The molecule has 3 N–H and O–H groups in total. The fraction of sp³-hybridized carbons (Fsp3) is 0.188. The maximum absolute atomic E-state index is 8.78. The summed E-state index contributed by atoms with van der Waals surface area (Å²) < 4.78 is 5.71. The Morgan fingerprint density at radius 2 is 1.95 bits per heavy atom. The number of amidine groups is 1. The average Bonchev–Trinajstić information content (AvgIpc) is 2.52. The fourth-order valence-corrected chi connectivity index (χ4v) is 2.15. The molecule has 0 heterocycles. The monoisotopic (exact) mass is 304 g/mol. The summed E-state index contributed by atoms with van der Waals surface area (Å²) in [6.45, 7) is 0.529. The first-order chi connectivity index (χ1) is 10.2. The van der Waals surface area contributed by atoms with Crippen LogP contribution in [-0.4, -0.2) is 17.6 Å². The SMILES string of the molecule is N/C(=N/O)c1ccc(Cl)cc1OCCCc1ccccc1. The fourth-order valence-electron chi connectivity index (χ4n) is 1.98. The molecule has 110 valence electrons. The van der Waals surface area contributed by atoms with E-state index in [-0.39, 0.29) is 5.84 Å². The van der Waals surface area contributed by atoms with E-state index in [9.17, 15) is 0 Å². The quantitative estimate of drug-likeness (QED) is 0.282. The van der Waals surface area contributed by atoms with Crippen molar-refractivity contribution in [3.05, 3.63) is 64.7 Å². The van der Waals surface area contributed by atoms with Crippen molar-refractivity contribution >= 4 is 17.4 Å². The summed E-state index contributed by atoms with van der Waals surface area (Å²) in [4.78, 5) is 0. The molecule has 2 aromatic rings. The van der Waals surface area contributed by atoms with Crippen molar-refractivity contribution in [2.45, 2.75) is 12.8 Å². The van der Waals surface area contributed by atoms with E-state index in [0.717, 1.165) is 12.8 Å². The van der Waals surface area contributed by atoms with Gasteiger partial charge in [-0.2, -0.15) is 0 Å². The Morgan fingerprint density at radius 3 is 2.67 bits per heavy atom. The van der Waals surface area contributed by atoms with Gasteiger partial charge in [0.15, 0.2) is 5.84 Å². The van der Waals surface area contributed by atoms with Crippen molar-refractivity contribution in [1.29, 1.82) is 0 Å². The van der Waals surface area contributed by atoms with Crippen molar-refractivity contribution < 1.29 is 9.94 Å². The van der Waals surface area contributed by atoms with Crippen molar-refractivity contribution in [1.82, 2.24) is 0 Å². The van der Waals surface area contributed by atoms with Gasteiger partial charge < -0.3 is 15.7 Å². The summed E-state index contributed by atoms with van der Waals surface area (Å²) in [7, 11) is 0. The summed E-state index contributed by atoms with van der Waals surface area (Å²) in [6.07, 6.45) is 1.80. The molecule has 0 fully saturated rings. The van der Waals surface area contributed by atoms with Gasteiger partial charge in [0.05, 0.1) is 12.2 Å². The van der Waals surface area contributed by atoms with E-state index >= 15 is 0 Å². The van der Waals surface area contributed by atoms with E-state index in [2.05, 4.69) is 17.3 Å². The molecular weight excluding hydrogens is 288 g/mol. The number of benzene rings is 2. The Morgan fingerprint density at radius 1 is 1.19 bits per heavy atom. The van der Waals surface area contributed by atoms with Crippen LogP contribution in [0.15, 0.2) is 53.7 Å². The highest BCUT2D eigenvalue weighted by Crippen LogP contribution is 2.23. The lowest BCUT2D eigenvalue weighted by Crippen LogP contribution is -2.15. The van der Waals surface area contributed by atoms with E-state index < -0.39 is 0 Å². The lowest BCUT2D eigenvalue weighted by atomic mass is 10.1. The predicted octanol–water partition coefficient (Wildman–Crippen LogP) is 3.45. The van der Waals surface area contributed by atoms with Crippen LogP contribution in [0.3, 0.4) is 0 Å². The number of halogens is 1. The Labute approximate surface area is 128 Å². The molecule has 0 amide bonds. The molecule has 0 aliphatic rings. The standard InChI is InChI=1S/C16H17ClN2O2/c17-13-8-9-14(16(18)19-20)15(11-13)21-10-4-7-12-5-2-1-3-6-12/h1-3,5-6,8-9,11,20H,4,7,10H2,(H2,18,19). The molecule has 2 rings (SSSR count). The van der Waals surface area contributed by atoms with Crippen LogP contribution in [-0.2, 0) is 6.42 Å². The molecule has 0 unspecified atom stereocenters. The van der Waals surface area contributed by atoms with E-state index in [0.29, 0.717) is 22.9 Å². The Kier molecular flexibility index (Phi) is 5.46. The molecule has 0 aromatic heterocycles. The average molecular weight is 305 g/mol. The van der Waals surface area contributed by atoms with E-state index in [1.54, 1.807) is 18.2 Å². The molecular formula is C16H17ClN2O2. The molecule has 4 nitrogen and oxygen atoms in total. The molecule has 0 saturated carbocycles. The van der Waals surface area contributed by atoms with Crippen LogP contribution in [0, 0.1) is 0 Å². The molecule has 21 heavy (non-hydrogen) atoms. The number of aryl methyl sites for hydroxylation is 1. The second-order valence-electron chi connectivity index (χ2n) is 4.56. The maximum atomic E-state index is 8.78. The minimum Gasteiger partial charge on any atom is -0.493 e. The van der Waals surface area contributed by atoms with Gasteiger partial charge in [-0.3, -0.25) is 0 Å². The largest absolute Gasteiger partial charge is 0.493 e. The zero-order chi connectivity index (χ0) is 15.1. The molecule has 0 radical (unpaired) electrons. The van der Waals surface area contributed by atoms with Crippen molar-refractivity contribution in [2.75, 3.05) is 6.61 Å². The zero-order valence-corrected chi connectivity index (χ0v) is 12.3. The molecule has 0 aliphatic heterocycles. The second kappa shape index (κ2) is 7.55. The third-order valence-corrected chi connectivity index (χ3v) is 3.27. The van der Waals surface area contributed by atoms with Crippen LogP contribution in [0.25, 0.3) is 0 Å². The highest BCUT2D eigenvalue weighted by molar-refractivity contribution is 6.30. The number of nitrogens with two attached hydrogens (primary N) is 1. The Balaban J connectivity index is 1.95. The van der Waals surface area contributed by atoms with E-state index in [4.69, 9.17) is 27.3 Å². The smallest absolute Gasteiger partial charge is 0.173 e. The first-order valence-electron chi connectivity index (χ1n) is 6.65. The number of nitrogens with zero attached hydrogens (tertiary/aromatic N) is 1. The van der Waals surface area contributed by atoms with Gasteiger partial charge in [0, 0.05) is 5.02 Å². The first kappa shape index (κ1) is 15.2. The third-order valence-electron chi connectivity index (χ3n) is 3.04. The lowest BCUT2D eigenvalue weighted by molar-refractivity contribution is 0.307. The maximum Gasteiger partial charge on any atom is 0.173 e. The van der Waals surface area contributed by atoms with Gasteiger partial charge in [-0.25, -0.2) is 0 Å². The summed E-state index contributed by atoms with van der Waals surface area (Å²) >= 11 is 5.95. The summed E-state index contributed by atoms with van der Waals surface area (Å²) in [5, 5.41) is 12.3. The lowest BCUT2D eigenvalue weighted by Gasteiger charge is -2.11. The van der Waals surface area contributed by atoms with Crippen molar-refractivity contribution in [3.8, 4) is 5.75 Å². The highest BCUT2D eigenvalue weighted by Gasteiger charge is 2.09. The summed E-state index contributed by atoms with van der Waals surface area (Å²) in [5.41, 5.74) is 7.41. The predicted molar refractivity (Wildman–Crippen MR) is 84.2 cm³/mol. The second-order valence-corrected chi connectivity index (χ2v) is 5.00. The Hall–Kier alpha value is -2.20. The number of rotatable bonds is 6. The normalized spacial score (nSPS) is 11.4. The van der Waals surface area contributed by atoms with Crippen LogP contribution in [0.4, 0.5) is 0 Å². The number of hydrogen-bond acceptors (Lipinski definition) is 3. The van der Waals surface area contributed by atoms with Crippen molar-refractivity contribution in [2.24, 2.45) is 10.9 Å². The van der Waals surface area contributed by atoms with Crippen LogP contribution in [0.2, 0.25) is 5.02 Å². The van der Waals surface area contributed by atoms with Gasteiger partial charge in [-0.15, -0.1) is 0 Å².